The largest absolute Gasteiger partial charge is 0.287 e. The van der Waals surface area contributed by atoms with Crippen LogP contribution in [0.1, 0.15) is 45.1 Å². The van der Waals surface area contributed by atoms with Gasteiger partial charge in [-0.3, -0.25) is 4.48 Å². The molecule has 0 aromatic heterocycles. The van der Waals surface area contributed by atoms with Crippen LogP contribution < -0.4 is 4.48 Å². The molecule has 0 N–H and O–H groups in total. The van der Waals surface area contributed by atoms with E-state index in [0.29, 0.717) is 0 Å². The van der Waals surface area contributed by atoms with Crippen molar-refractivity contribution in [3.05, 3.63) is 66.2 Å². The molecule has 0 saturated carbocycles. The molecule has 0 aliphatic rings. The third-order valence-electron chi connectivity index (χ3n) is 4.51. The van der Waals surface area contributed by atoms with Crippen LogP contribution in [0, 0.1) is 0 Å². The van der Waals surface area contributed by atoms with Crippen molar-refractivity contribution >= 4 is 5.69 Å². The first kappa shape index (κ1) is 16.8. The number of benzene rings is 2. The molecule has 0 bridgehead atoms. The van der Waals surface area contributed by atoms with Gasteiger partial charge in [-0.05, 0) is 25.0 Å². The van der Waals surface area contributed by atoms with E-state index in [0.717, 1.165) is 11.0 Å². The third kappa shape index (κ3) is 4.45. The number of para-hydroxylation sites is 1. The van der Waals surface area contributed by atoms with E-state index in [-0.39, 0.29) is 0 Å². The molecule has 2 aromatic carbocycles. The molecule has 0 heterocycles. The van der Waals surface area contributed by atoms with Crippen LogP contribution in [-0.2, 0) is 6.54 Å². The van der Waals surface area contributed by atoms with Crippen LogP contribution in [0.4, 0.5) is 5.69 Å². The standard InChI is InChI=1S/C21H30N/c1-3-5-17-22(18-6-4-2,21-15-11-8-12-16-21)19-20-13-9-7-10-14-20/h7-16H,3-6,17-19H2,1-2H3/q+1. The molecule has 0 atom stereocenters. The van der Waals surface area contributed by atoms with Gasteiger partial charge in [-0.25, -0.2) is 0 Å². The second-order valence-corrected chi connectivity index (χ2v) is 6.28. The van der Waals surface area contributed by atoms with Gasteiger partial charge >= 0.3 is 0 Å². The summed E-state index contributed by atoms with van der Waals surface area (Å²) in [7, 11) is 0. The molecule has 118 valence electrons. The minimum absolute atomic E-state index is 1.09. The highest BCUT2D eigenvalue weighted by molar-refractivity contribution is 5.43. The Labute approximate surface area is 136 Å². The fourth-order valence-corrected chi connectivity index (χ4v) is 3.22. The summed E-state index contributed by atoms with van der Waals surface area (Å²) < 4.78 is 1.09. The van der Waals surface area contributed by atoms with Crippen molar-refractivity contribution in [2.75, 3.05) is 13.1 Å². The highest BCUT2D eigenvalue weighted by Crippen LogP contribution is 2.28. The molecule has 0 amide bonds. The highest BCUT2D eigenvalue weighted by atomic mass is 15.4. The lowest BCUT2D eigenvalue weighted by Gasteiger charge is -2.38. The molecule has 0 unspecified atom stereocenters. The maximum Gasteiger partial charge on any atom is 0.133 e. The number of quaternary nitrogens is 1. The normalized spacial score (nSPS) is 11.5. The van der Waals surface area contributed by atoms with Gasteiger partial charge in [-0.1, -0.05) is 75.2 Å². The lowest BCUT2D eigenvalue weighted by Crippen LogP contribution is -2.50. The zero-order valence-corrected chi connectivity index (χ0v) is 14.2. The highest BCUT2D eigenvalue weighted by Gasteiger charge is 2.29. The quantitative estimate of drug-likeness (QED) is 0.513. The second kappa shape index (κ2) is 8.75. The molecule has 0 fully saturated rings. The lowest BCUT2D eigenvalue weighted by atomic mass is 10.1. The maximum absolute atomic E-state index is 2.31. The Balaban J connectivity index is 2.34. The van der Waals surface area contributed by atoms with Gasteiger partial charge in [0.25, 0.3) is 0 Å². The van der Waals surface area contributed by atoms with Crippen molar-refractivity contribution in [3.8, 4) is 0 Å². The van der Waals surface area contributed by atoms with E-state index < -0.39 is 0 Å². The SMILES string of the molecule is CCCC[N+](CCCC)(Cc1ccccc1)c1ccccc1. The average molecular weight is 296 g/mol. The van der Waals surface area contributed by atoms with Crippen molar-refractivity contribution in [2.24, 2.45) is 0 Å². The van der Waals surface area contributed by atoms with Gasteiger partial charge in [-0.15, -0.1) is 0 Å². The Morgan fingerprint density at radius 3 is 1.68 bits per heavy atom. The smallest absolute Gasteiger partial charge is 0.133 e. The Morgan fingerprint density at radius 2 is 1.18 bits per heavy atom. The summed E-state index contributed by atoms with van der Waals surface area (Å²) in [5, 5.41) is 0. The van der Waals surface area contributed by atoms with Crippen molar-refractivity contribution in [2.45, 2.75) is 46.1 Å². The molecular weight excluding hydrogens is 266 g/mol. The van der Waals surface area contributed by atoms with Crippen LogP contribution >= 0.6 is 0 Å². The van der Waals surface area contributed by atoms with Crippen LogP contribution in [-0.4, -0.2) is 13.1 Å². The monoisotopic (exact) mass is 296 g/mol. The first-order chi connectivity index (χ1) is 10.8. The van der Waals surface area contributed by atoms with Crippen LogP contribution in [0.15, 0.2) is 60.7 Å². The van der Waals surface area contributed by atoms with E-state index in [4.69, 9.17) is 0 Å². The number of nitrogens with zero attached hydrogens (tertiary/aromatic N) is 1. The Bertz CT molecular complexity index is 510. The summed E-state index contributed by atoms with van der Waals surface area (Å²) in [4.78, 5) is 0. The van der Waals surface area contributed by atoms with Gasteiger partial charge in [0, 0.05) is 5.56 Å². The molecule has 1 heteroatoms. The van der Waals surface area contributed by atoms with Gasteiger partial charge in [0.2, 0.25) is 0 Å². The summed E-state index contributed by atoms with van der Waals surface area (Å²) in [6, 6.07) is 22.1. The molecule has 2 rings (SSSR count). The van der Waals surface area contributed by atoms with Gasteiger partial charge in [0.15, 0.2) is 0 Å². The fraction of sp³-hybridized carbons (Fsp3) is 0.429. The number of unbranched alkanes of at least 4 members (excludes halogenated alkanes) is 2. The Kier molecular flexibility index (Phi) is 6.67. The zero-order valence-electron chi connectivity index (χ0n) is 14.2. The summed E-state index contributed by atoms with van der Waals surface area (Å²) in [6.07, 6.45) is 5.08. The number of rotatable bonds is 9. The van der Waals surface area contributed by atoms with Crippen LogP contribution in [0.2, 0.25) is 0 Å². The maximum atomic E-state index is 2.31. The van der Waals surface area contributed by atoms with Gasteiger partial charge in [-0.2, -0.15) is 0 Å². The minimum Gasteiger partial charge on any atom is -0.287 e. The number of hydrogen-bond acceptors (Lipinski definition) is 0. The molecular formula is C21H30N+. The van der Waals surface area contributed by atoms with E-state index in [9.17, 15) is 0 Å². The Hall–Kier alpha value is -1.60. The minimum atomic E-state index is 1.09. The molecule has 0 aliphatic heterocycles. The summed E-state index contributed by atoms with van der Waals surface area (Å²) in [5.74, 6) is 0. The molecule has 0 saturated heterocycles. The third-order valence-corrected chi connectivity index (χ3v) is 4.51. The van der Waals surface area contributed by atoms with Crippen LogP contribution in [0.5, 0.6) is 0 Å². The van der Waals surface area contributed by atoms with Crippen molar-refractivity contribution in [1.82, 2.24) is 4.48 Å². The summed E-state index contributed by atoms with van der Waals surface area (Å²) >= 11 is 0. The Morgan fingerprint density at radius 1 is 0.682 bits per heavy atom. The van der Waals surface area contributed by atoms with Crippen molar-refractivity contribution in [3.63, 3.8) is 0 Å². The van der Waals surface area contributed by atoms with E-state index in [1.807, 2.05) is 0 Å². The molecule has 0 spiro atoms. The van der Waals surface area contributed by atoms with Gasteiger partial charge < -0.3 is 0 Å². The summed E-state index contributed by atoms with van der Waals surface area (Å²) in [5.41, 5.74) is 2.91. The lowest BCUT2D eigenvalue weighted by molar-refractivity contribution is 0.255. The predicted molar refractivity (Wildman–Crippen MR) is 97.9 cm³/mol. The zero-order chi connectivity index (χ0) is 15.7. The number of hydrogen-bond donors (Lipinski definition) is 0. The second-order valence-electron chi connectivity index (χ2n) is 6.28. The van der Waals surface area contributed by atoms with E-state index in [1.165, 1.54) is 50.0 Å². The first-order valence-electron chi connectivity index (χ1n) is 8.76. The molecule has 0 aliphatic carbocycles. The topological polar surface area (TPSA) is 0 Å². The van der Waals surface area contributed by atoms with Crippen LogP contribution in [0.25, 0.3) is 0 Å². The molecule has 0 radical (unpaired) electrons. The van der Waals surface area contributed by atoms with Crippen molar-refractivity contribution < 1.29 is 0 Å². The van der Waals surface area contributed by atoms with E-state index in [1.54, 1.807) is 0 Å². The molecule has 1 nitrogen and oxygen atoms in total. The van der Waals surface area contributed by atoms with E-state index in [2.05, 4.69) is 74.5 Å². The van der Waals surface area contributed by atoms with E-state index >= 15 is 0 Å². The fourth-order valence-electron chi connectivity index (χ4n) is 3.22. The van der Waals surface area contributed by atoms with Gasteiger partial charge in [0.1, 0.15) is 12.2 Å². The summed E-state index contributed by atoms with van der Waals surface area (Å²) in [6.45, 7) is 8.15. The van der Waals surface area contributed by atoms with Gasteiger partial charge in [0.05, 0.1) is 13.1 Å². The molecule has 2 aromatic rings. The average Bonchev–Trinajstić information content (AvgIpc) is 2.59. The first-order valence-corrected chi connectivity index (χ1v) is 8.76. The van der Waals surface area contributed by atoms with Crippen LogP contribution in [0.3, 0.4) is 0 Å². The molecule has 22 heavy (non-hydrogen) atoms. The predicted octanol–water partition coefficient (Wildman–Crippen LogP) is 5.79. The van der Waals surface area contributed by atoms with Crippen molar-refractivity contribution in [1.29, 1.82) is 0 Å².